The smallest absolute Gasteiger partial charge is 0.264 e. The van der Waals surface area contributed by atoms with Gasteiger partial charge in [0.05, 0.1) is 24.9 Å². The first kappa shape index (κ1) is 31.3. The van der Waals surface area contributed by atoms with Crippen LogP contribution in [0.3, 0.4) is 0 Å². The summed E-state index contributed by atoms with van der Waals surface area (Å²) in [6, 6.07) is 9.10. The van der Waals surface area contributed by atoms with E-state index in [-0.39, 0.29) is 17.2 Å². The van der Waals surface area contributed by atoms with Crippen molar-refractivity contribution in [2.45, 2.75) is 11.3 Å². The fourth-order valence-electron chi connectivity index (χ4n) is 4.72. The summed E-state index contributed by atoms with van der Waals surface area (Å²) in [5, 5.41) is 0.507. The number of piperazine rings is 1. The van der Waals surface area contributed by atoms with Gasteiger partial charge in [0.2, 0.25) is 0 Å². The predicted octanol–water partition coefficient (Wildman–Crippen LogP) is 5.41. The topological polar surface area (TPSA) is 93.2 Å². The average Bonchev–Trinajstić information content (AvgIpc) is 2.99. The van der Waals surface area contributed by atoms with Crippen molar-refractivity contribution in [3.05, 3.63) is 78.0 Å². The second kappa shape index (κ2) is 13.2. The number of ether oxygens (including phenoxy) is 3. The highest BCUT2D eigenvalue weighted by Crippen LogP contribution is 2.38. The molecule has 3 aromatic carbocycles. The van der Waals surface area contributed by atoms with Crippen LogP contribution in [-0.2, 0) is 10.0 Å². The van der Waals surface area contributed by atoms with Crippen molar-refractivity contribution >= 4 is 26.6 Å². The molecular formula is C30H30F4N4O5S. The normalized spacial score (nSPS) is 14.5. The average molecular weight is 635 g/mol. The highest BCUT2D eigenvalue weighted by molar-refractivity contribution is 7.92. The number of likely N-dealkylation sites (N-methyl/N-ethyl adjacent to an activating group) is 1. The highest BCUT2D eigenvalue weighted by atomic mass is 32.2. The summed E-state index contributed by atoms with van der Waals surface area (Å²) in [7, 11) is -1.09. The molecule has 4 aromatic rings. The van der Waals surface area contributed by atoms with Gasteiger partial charge in [0.1, 0.15) is 10.6 Å². The van der Waals surface area contributed by atoms with Crippen LogP contribution in [0.5, 0.6) is 23.0 Å². The number of hydrogen-bond acceptors (Lipinski definition) is 8. The summed E-state index contributed by atoms with van der Waals surface area (Å²) < 4.78 is 100. The molecule has 1 aliphatic rings. The summed E-state index contributed by atoms with van der Waals surface area (Å²) in [6.45, 7) is 5.55. The first-order chi connectivity index (χ1) is 21.1. The zero-order chi connectivity index (χ0) is 31.4. The van der Waals surface area contributed by atoms with E-state index in [1.54, 1.807) is 12.1 Å². The zero-order valence-corrected chi connectivity index (χ0v) is 24.8. The van der Waals surface area contributed by atoms with E-state index in [9.17, 15) is 21.6 Å². The summed E-state index contributed by atoms with van der Waals surface area (Å²) in [5.41, 5.74) is 0.213. The molecule has 1 N–H and O–H groups in total. The molecule has 0 spiro atoms. The number of fused-ring (bicyclic) bond motifs is 1. The van der Waals surface area contributed by atoms with Crippen LogP contribution in [0.25, 0.3) is 10.9 Å². The molecule has 0 bridgehead atoms. The monoisotopic (exact) mass is 634 g/mol. The van der Waals surface area contributed by atoms with Crippen LogP contribution in [0.1, 0.15) is 6.42 Å². The van der Waals surface area contributed by atoms with Gasteiger partial charge in [0.25, 0.3) is 10.0 Å². The summed E-state index contributed by atoms with van der Waals surface area (Å²) in [4.78, 5) is 7.95. The fourth-order valence-corrected chi connectivity index (χ4v) is 5.84. The maximum absolute atomic E-state index is 15.0. The van der Waals surface area contributed by atoms with E-state index in [1.807, 2.05) is 4.72 Å². The Kier molecular flexibility index (Phi) is 9.42. The molecule has 1 aliphatic heterocycles. The Morgan fingerprint density at radius 1 is 0.864 bits per heavy atom. The minimum atomic E-state index is -4.71. The van der Waals surface area contributed by atoms with Gasteiger partial charge in [-0.05, 0) is 49.9 Å². The Bertz CT molecular complexity index is 1770. The first-order valence-corrected chi connectivity index (χ1v) is 15.2. The zero-order valence-electron chi connectivity index (χ0n) is 23.9. The lowest BCUT2D eigenvalue weighted by Gasteiger charge is -2.32. The molecule has 0 amide bonds. The number of hydrogen-bond donors (Lipinski definition) is 1. The summed E-state index contributed by atoms with van der Waals surface area (Å²) in [5.74, 6) is -5.40. The number of anilines is 1. The second-order valence-corrected chi connectivity index (χ2v) is 11.9. The van der Waals surface area contributed by atoms with Gasteiger partial charge in [-0.25, -0.2) is 26.0 Å². The molecule has 0 radical (unpaired) electrons. The van der Waals surface area contributed by atoms with Gasteiger partial charge in [-0.3, -0.25) is 9.71 Å². The Hall–Kier alpha value is -4.14. The van der Waals surface area contributed by atoms with Crippen molar-refractivity contribution in [3.63, 3.8) is 0 Å². The largest absolute Gasteiger partial charge is 0.493 e. The van der Waals surface area contributed by atoms with Crippen molar-refractivity contribution in [2.75, 3.05) is 58.2 Å². The molecule has 2 heterocycles. The predicted molar refractivity (Wildman–Crippen MR) is 156 cm³/mol. The molecular weight excluding hydrogens is 604 g/mol. The van der Waals surface area contributed by atoms with Crippen LogP contribution in [0.2, 0.25) is 0 Å². The second-order valence-electron chi connectivity index (χ2n) is 10.2. The van der Waals surface area contributed by atoms with Gasteiger partial charge in [-0.2, -0.15) is 0 Å². The molecule has 44 heavy (non-hydrogen) atoms. The quantitative estimate of drug-likeness (QED) is 0.133. The number of sulfonamides is 1. The van der Waals surface area contributed by atoms with Crippen LogP contribution in [0.15, 0.2) is 59.6 Å². The Morgan fingerprint density at radius 3 is 2.36 bits per heavy atom. The maximum atomic E-state index is 15.0. The van der Waals surface area contributed by atoms with Gasteiger partial charge in [0.15, 0.2) is 40.5 Å². The minimum absolute atomic E-state index is 0.242. The lowest BCUT2D eigenvalue weighted by Crippen LogP contribution is -2.44. The van der Waals surface area contributed by atoms with Crippen LogP contribution >= 0.6 is 0 Å². The molecule has 14 heteroatoms. The van der Waals surface area contributed by atoms with E-state index in [1.165, 1.54) is 25.4 Å². The van der Waals surface area contributed by atoms with Crippen molar-refractivity contribution in [2.24, 2.45) is 0 Å². The molecule has 0 atom stereocenters. The minimum Gasteiger partial charge on any atom is -0.493 e. The van der Waals surface area contributed by atoms with E-state index in [4.69, 9.17) is 14.2 Å². The maximum Gasteiger partial charge on any atom is 0.264 e. The number of nitrogens with zero attached hydrogens (tertiary/aromatic N) is 3. The molecule has 9 nitrogen and oxygen atoms in total. The number of rotatable bonds is 11. The first-order valence-electron chi connectivity index (χ1n) is 13.7. The van der Waals surface area contributed by atoms with Crippen LogP contribution in [0.4, 0.5) is 23.2 Å². The molecule has 5 rings (SSSR count). The SMILES string of the molecule is COc1cc2c(Oc3ccc(NS(=O)(=O)c4ccc(F)c(F)c4F)cc3F)ccnc2cc1OCCCN1CCN(C)CC1. The Labute approximate surface area is 252 Å². The van der Waals surface area contributed by atoms with Gasteiger partial charge in [-0.15, -0.1) is 0 Å². The molecule has 234 valence electrons. The Morgan fingerprint density at radius 2 is 1.64 bits per heavy atom. The van der Waals surface area contributed by atoms with Crippen molar-refractivity contribution < 1.29 is 40.2 Å². The third-order valence-electron chi connectivity index (χ3n) is 7.15. The molecule has 1 aromatic heterocycles. The van der Waals surface area contributed by atoms with Gasteiger partial charge >= 0.3 is 0 Å². The van der Waals surface area contributed by atoms with E-state index >= 15 is 4.39 Å². The Balaban J connectivity index is 1.29. The standard InChI is InChI=1S/C30H30F4N4O5S/c1-37-11-13-38(14-12-37)10-3-15-42-27-18-23-20(17-26(27)41-2)24(8-9-35-23)43-25-6-4-19(16-22(25)32)36-44(39,40)28-7-5-21(31)29(33)30(28)34/h4-9,16-18,36H,3,10-15H2,1-2H3. The van der Waals surface area contributed by atoms with Crippen molar-refractivity contribution in [1.82, 2.24) is 14.8 Å². The van der Waals surface area contributed by atoms with E-state index in [2.05, 4.69) is 21.8 Å². The van der Waals surface area contributed by atoms with Gasteiger partial charge < -0.3 is 24.0 Å². The van der Waals surface area contributed by atoms with E-state index in [0.29, 0.717) is 41.1 Å². The third kappa shape index (κ3) is 6.98. The number of halogens is 4. The number of nitrogens with one attached hydrogen (secondary N) is 1. The fraction of sp³-hybridized carbons (Fsp3) is 0.300. The van der Waals surface area contributed by atoms with Crippen molar-refractivity contribution in [1.29, 1.82) is 0 Å². The van der Waals surface area contributed by atoms with E-state index in [0.717, 1.165) is 51.3 Å². The highest BCUT2D eigenvalue weighted by Gasteiger charge is 2.25. The summed E-state index contributed by atoms with van der Waals surface area (Å²) >= 11 is 0. The van der Waals surface area contributed by atoms with Crippen molar-refractivity contribution in [3.8, 4) is 23.0 Å². The third-order valence-corrected chi connectivity index (χ3v) is 8.55. The molecule has 0 aliphatic carbocycles. The van der Waals surface area contributed by atoms with E-state index < -0.39 is 38.2 Å². The van der Waals surface area contributed by atoms with Crippen LogP contribution in [0, 0.1) is 23.3 Å². The number of benzene rings is 3. The number of methoxy groups -OCH3 is 1. The van der Waals surface area contributed by atoms with Crippen LogP contribution in [-0.4, -0.2) is 76.7 Å². The van der Waals surface area contributed by atoms with Gasteiger partial charge in [-0.1, -0.05) is 0 Å². The molecule has 1 fully saturated rings. The molecule has 0 unspecified atom stereocenters. The molecule has 1 saturated heterocycles. The lowest BCUT2D eigenvalue weighted by atomic mass is 10.1. The number of aromatic nitrogens is 1. The lowest BCUT2D eigenvalue weighted by molar-refractivity contribution is 0.145. The van der Waals surface area contributed by atoms with Gasteiger partial charge in [0, 0.05) is 56.4 Å². The summed E-state index contributed by atoms with van der Waals surface area (Å²) in [6.07, 6.45) is 2.32. The number of pyridine rings is 1. The van der Waals surface area contributed by atoms with Crippen LogP contribution < -0.4 is 18.9 Å². The molecule has 0 saturated carbocycles.